The predicted molar refractivity (Wildman–Crippen MR) is 101 cm³/mol. The number of epoxide rings is 1. The Bertz CT molecular complexity index is 1030. The first-order valence-corrected chi connectivity index (χ1v) is 10.7. The molecule has 0 N–H and O–H groups in total. The van der Waals surface area contributed by atoms with Crippen LogP contribution in [-0.2, 0) is 33.3 Å². The SMILES string of the molecule is C[C@H]1O[C@@H]2OC(=O)[C@]3(C)C[C@@H]4C5C(=C1O[C@H]5C=C1C(=CC(=O)OC1(C)C)[C@@]41CO1)[C@H]23. The molecule has 8 atom stereocenters. The molecule has 0 aromatic carbocycles. The molecule has 2 aliphatic carbocycles. The van der Waals surface area contributed by atoms with Crippen molar-refractivity contribution in [2.45, 2.75) is 63.8 Å². The minimum absolute atomic E-state index is 0.00884. The predicted octanol–water partition coefficient (Wildman–Crippen LogP) is 2.17. The summed E-state index contributed by atoms with van der Waals surface area (Å²) >= 11 is 0. The van der Waals surface area contributed by atoms with Crippen LogP contribution in [0.1, 0.15) is 34.1 Å². The third kappa shape index (κ3) is 1.78. The average Bonchev–Trinajstić information content (AvgIpc) is 3.32. The monoisotopic (exact) mass is 412 g/mol. The molecule has 5 heterocycles. The number of hydrogen-bond acceptors (Lipinski definition) is 7. The molecule has 7 rings (SSSR count). The maximum atomic E-state index is 13.0. The lowest BCUT2D eigenvalue weighted by molar-refractivity contribution is -0.179. The third-order valence-electron chi connectivity index (χ3n) is 8.43. The molecule has 0 bridgehead atoms. The van der Waals surface area contributed by atoms with Gasteiger partial charge in [-0.3, -0.25) is 4.79 Å². The molecule has 2 saturated heterocycles. The number of carbonyl (C=O) groups is 2. The van der Waals surface area contributed by atoms with Crippen molar-refractivity contribution < 1.29 is 33.3 Å². The minimum atomic E-state index is -0.774. The molecule has 0 aromatic rings. The van der Waals surface area contributed by atoms with E-state index in [1.54, 1.807) is 6.08 Å². The first kappa shape index (κ1) is 17.5. The van der Waals surface area contributed by atoms with Crippen LogP contribution in [0.25, 0.3) is 0 Å². The van der Waals surface area contributed by atoms with Gasteiger partial charge >= 0.3 is 11.9 Å². The van der Waals surface area contributed by atoms with Crippen molar-refractivity contribution in [1.29, 1.82) is 0 Å². The highest BCUT2D eigenvalue weighted by Crippen LogP contribution is 2.68. The summed E-state index contributed by atoms with van der Waals surface area (Å²) < 4.78 is 30.1. The Morgan fingerprint density at radius 3 is 2.60 bits per heavy atom. The van der Waals surface area contributed by atoms with Gasteiger partial charge in [0, 0.05) is 29.1 Å². The van der Waals surface area contributed by atoms with Gasteiger partial charge < -0.3 is 23.7 Å². The molecular weight excluding hydrogens is 388 g/mol. The van der Waals surface area contributed by atoms with Crippen molar-refractivity contribution in [2.75, 3.05) is 6.61 Å². The number of hydrogen-bond donors (Lipinski definition) is 0. The highest BCUT2D eigenvalue weighted by molar-refractivity contribution is 5.88. The fraction of sp³-hybridized carbons (Fsp3) is 0.652. The number of fused-ring (bicyclic) bond motifs is 3. The van der Waals surface area contributed by atoms with E-state index in [1.807, 2.05) is 27.7 Å². The van der Waals surface area contributed by atoms with Crippen LogP contribution in [0.5, 0.6) is 0 Å². The van der Waals surface area contributed by atoms with Crippen molar-refractivity contribution >= 4 is 11.9 Å². The topological polar surface area (TPSA) is 83.6 Å². The van der Waals surface area contributed by atoms with Gasteiger partial charge in [-0.1, -0.05) is 0 Å². The minimum Gasteiger partial charge on any atom is -0.487 e. The summed E-state index contributed by atoms with van der Waals surface area (Å²) in [6, 6.07) is 0. The van der Waals surface area contributed by atoms with Crippen molar-refractivity contribution in [3.63, 3.8) is 0 Å². The van der Waals surface area contributed by atoms with Crippen LogP contribution in [0, 0.1) is 23.2 Å². The van der Waals surface area contributed by atoms with Gasteiger partial charge in [0.2, 0.25) is 6.29 Å². The zero-order valence-electron chi connectivity index (χ0n) is 17.4. The van der Waals surface area contributed by atoms with Crippen LogP contribution in [-0.4, -0.2) is 48.2 Å². The van der Waals surface area contributed by atoms with E-state index >= 15 is 0 Å². The molecule has 1 unspecified atom stereocenters. The second-order valence-electron chi connectivity index (χ2n) is 10.4. The van der Waals surface area contributed by atoms with Crippen LogP contribution in [0.15, 0.2) is 34.6 Å². The highest BCUT2D eigenvalue weighted by Gasteiger charge is 2.73. The van der Waals surface area contributed by atoms with Crippen LogP contribution < -0.4 is 0 Å². The van der Waals surface area contributed by atoms with Gasteiger partial charge in [-0.15, -0.1) is 0 Å². The number of cyclic esters (lactones) is 1. The Hall–Kier alpha value is -2.12. The van der Waals surface area contributed by atoms with Crippen molar-refractivity contribution in [3.05, 3.63) is 34.6 Å². The molecule has 7 heteroatoms. The highest BCUT2D eigenvalue weighted by atomic mass is 16.7. The third-order valence-corrected chi connectivity index (χ3v) is 8.43. The lowest BCUT2D eigenvalue weighted by Crippen LogP contribution is -2.51. The summed E-state index contributed by atoms with van der Waals surface area (Å²) in [4.78, 5) is 25.4. The van der Waals surface area contributed by atoms with E-state index in [0.717, 1.165) is 22.5 Å². The van der Waals surface area contributed by atoms with Crippen LogP contribution in [0.3, 0.4) is 0 Å². The van der Waals surface area contributed by atoms with Crippen LogP contribution in [0.4, 0.5) is 0 Å². The van der Waals surface area contributed by atoms with Gasteiger partial charge in [0.15, 0.2) is 0 Å². The van der Waals surface area contributed by atoms with Gasteiger partial charge in [-0.05, 0) is 45.8 Å². The largest absolute Gasteiger partial charge is 0.487 e. The Kier molecular flexibility index (Phi) is 2.84. The number of carbonyl (C=O) groups excluding carboxylic acids is 2. The van der Waals surface area contributed by atoms with Gasteiger partial charge in [0.1, 0.15) is 29.2 Å². The molecule has 0 aromatic heterocycles. The number of rotatable bonds is 0. The van der Waals surface area contributed by atoms with E-state index in [9.17, 15) is 9.59 Å². The summed E-state index contributed by atoms with van der Waals surface area (Å²) in [6.07, 6.45) is 3.27. The van der Waals surface area contributed by atoms with E-state index in [-0.39, 0.29) is 41.9 Å². The summed E-state index contributed by atoms with van der Waals surface area (Å²) in [5, 5.41) is 0. The fourth-order valence-electron chi connectivity index (χ4n) is 7.06. The van der Waals surface area contributed by atoms with E-state index in [1.165, 1.54) is 0 Å². The smallest absolute Gasteiger partial charge is 0.332 e. The number of esters is 2. The maximum absolute atomic E-state index is 13.0. The van der Waals surface area contributed by atoms with Gasteiger partial charge in [0.25, 0.3) is 0 Å². The second-order valence-corrected chi connectivity index (χ2v) is 10.4. The Balaban J connectivity index is 1.48. The Morgan fingerprint density at radius 1 is 1.10 bits per heavy atom. The van der Waals surface area contributed by atoms with E-state index < -0.39 is 22.9 Å². The zero-order valence-corrected chi connectivity index (χ0v) is 17.4. The molecular formula is C23H24O7. The fourth-order valence-corrected chi connectivity index (χ4v) is 7.06. The van der Waals surface area contributed by atoms with Crippen molar-refractivity contribution in [1.82, 2.24) is 0 Å². The zero-order chi connectivity index (χ0) is 20.8. The molecule has 7 nitrogen and oxygen atoms in total. The summed E-state index contributed by atoms with van der Waals surface area (Å²) in [7, 11) is 0. The molecule has 3 fully saturated rings. The van der Waals surface area contributed by atoms with Gasteiger partial charge in [0.05, 0.1) is 17.9 Å². The Morgan fingerprint density at radius 2 is 1.87 bits per heavy atom. The lowest BCUT2D eigenvalue weighted by Gasteiger charge is -2.46. The first-order chi connectivity index (χ1) is 14.2. The molecule has 0 amide bonds. The molecule has 5 aliphatic heterocycles. The van der Waals surface area contributed by atoms with Gasteiger partial charge in [-0.25, -0.2) is 4.79 Å². The summed E-state index contributed by atoms with van der Waals surface area (Å²) in [5.41, 5.74) is 0.926. The van der Waals surface area contributed by atoms with E-state index in [4.69, 9.17) is 23.7 Å². The summed E-state index contributed by atoms with van der Waals surface area (Å²) in [6.45, 7) is 8.28. The molecule has 158 valence electrons. The molecule has 7 aliphatic rings. The average molecular weight is 412 g/mol. The first-order valence-electron chi connectivity index (χ1n) is 10.7. The second kappa shape index (κ2) is 4.86. The lowest BCUT2D eigenvalue weighted by atomic mass is 9.54. The Labute approximate surface area is 174 Å². The molecule has 30 heavy (non-hydrogen) atoms. The van der Waals surface area contributed by atoms with Crippen molar-refractivity contribution in [3.8, 4) is 0 Å². The van der Waals surface area contributed by atoms with Gasteiger partial charge in [-0.2, -0.15) is 0 Å². The molecule has 0 radical (unpaired) electrons. The van der Waals surface area contributed by atoms with Crippen LogP contribution in [0.2, 0.25) is 0 Å². The molecule has 1 saturated carbocycles. The van der Waals surface area contributed by atoms with Crippen LogP contribution >= 0.6 is 0 Å². The quantitative estimate of drug-likeness (QED) is 0.445. The van der Waals surface area contributed by atoms with Crippen molar-refractivity contribution in [2.24, 2.45) is 23.2 Å². The van der Waals surface area contributed by atoms with E-state index in [0.29, 0.717) is 13.0 Å². The summed E-state index contributed by atoms with van der Waals surface area (Å²) in [5.74, 6) is 0.201. The number of ether oxygens (including phenoxy) is 5. The maximum Gasteiger partial charge on any atom is 0.332 e. The molecule has 1 spiro atoms. The standard InChI is InChI=1S/C23H24O7/c1-9-18-16-15-12(7-22(4)17(16)19(27-9)29-20(22)25)23(8-26-23)11-6-14(24)30-21(2,3)10(11)5-13(15)28-18/h5-6,9,12-13,15,17,19H,7-8H2,1-4H3/t9-,12-,13+,15?,17-,19-,22-,23+/m1/s1. The normalized spacial score (nSPS) is 51.2. The van der Waals surface area contributed by atoms with E-state index in [2.05, 4.69) is 6.08 Å².